The number of urea groups is 1. The molecule has 0 atom stereocenters. The molecule has 2 amide bonds. The highest BCUT2D eigenvalue weighted by atomic mass is 32.1. The summed E-state index contributed by atoms with van der Waals surface area (Å²) in [7, 11) is 0. The summed E-state index contributed by atoms with van der Waals surface area (Å²) in [6.07, 6.45) is 0. The number of carbonyl (C=O) groups is 2. The largest absolute Gasteiger partial charge is 0.461 e. The second kappa shape index (κ2) is 8.57. The van der Waals surface area contributed by atoms with Crippen LogP contribution in [0.15, 0.2) is 29.6 Å². The van der Waals surface area contributed by atoms with Gasteiger partial charge in [0.1, 0.15) is 10.8 Å². The molecule has 25 heavy (non-hydrogen) atoms. The van der Waals surface area contributed by atoms with Gasteiger partial charge in [-0.3, -0.25) is 0 Å². The molecule has 8 heteroatoms. The predicted molar refractivity (Wildman–Crippen MR) is 94.2 cm³/mol. The van der Waals surface area contributed by atoms with Gasteiger partial charge in [-0.25, -0.2) is 19.0 Å². The third kappa shape index (κ3) is 5.25. The maximum atomic E-state index is 13.2. The van der Waals surface area contributed by atoms with Gasteiger partial charge in [-0.15, -0.1) is 11.3 Å². The number of aromatic nitrogens is 1. The number of thiazole rings is 1. The van der Waals surface area contributed by atoms with Crippen molar-refractivity contribution in [3.05, 3.63) is 46.2 Å². The van der Waals surface area contributed by atoms with Crippen LogP contribution in [0.1, 0.15) is 36.3 Å². The first-order valence-electron chi connectivity index (χ1n) is 7.85. The summed E-state index contributed by atoms with van der Waals surface area (Å²) in [6.45, 7) is 5.97. The lowest BCUT2D eigenvalue weighted by Gasteiger charge is -2.26. The molecule has 0 aliphatic rings. The normalized spacial score (nSPS) is 10.6. The number of esters is 1. The van der Waals surface area contributed by atoms with Gasteiger partial charge in [0, 0.05) is 17.1 Å². The molecular weight excluding hydrogens is 345 g/mol. The summed E-state index contributed by atoms with van der Waals surface area (Å²) in [6, 6.07) is 5.22. The molecule has 2 aromatic rings. The fourth-order valence-electron chi connectivity index (χ4n) is 2.08. The van der Waals surface area contributed by atoms with Crippen molar-refractivity contribution in [1.82, 2.24) is 9.88 Å². The number of halogens is 1. The Kier molecular flexibility index (Phi) is 6.46. The Bertz CT molecular complexity index is 748. The second-order valence-corrected chi connectivity index (χ2v) is 6.45. The number of nitrogens with one attached hydrogen (secondary N) is 1. The fraction of sp³-hybridized carbons (Fsp3) is 0.353. The summed E-state index contributed by atoms with van der Waals surface area (Å²) in [4.78, 5) is 29.9. The van der Waals surface area contributed by atoms with Crippen molar-refractivity contribution in [2.75, 3.05) is 11.9 Å². The quantitative estimate of drug-likeness (QED) is 0.788. The van der Waals surface area contributed by atoms with E-state index >= 15 is 0 Å². The number of rotatable bonds is 6. The first-order valence-corrected chi connectivity index (χ1v) is 8.73. The number of nitrogens with zero attached hydrogens (tertiary/aromatic N) is 2. The molecule has 0 aliphatic heterocycles. The Morgan fingerprint density at radius 3 is 2.80 bits per heavy atom. The SMILES string of the molecule is CCOC(=O)c1csc(CN(C(=O)Nc2cccc(F)c2)C(C)C)n1. The maximum Gasteiger partial charge on any atom is 0.357 e. The molecule has 0 unspecified atom stereocenters. The van der Waals surface area contributed by atoms with Crippen LogP contribution in [0, 0.1) is 5.82 Å². The minimum absolute atomic E-state index is 0.108. The molecule has 1 aromatic carbocycles. The Labute approximate surface area is 149 Å². The summed E-state index contributed by atoms with van der Waals surface area (Å²) in [5, 5.41) is 4.89. The van der Waals surface area contributed by atoms with Crippen molar-refractivity contribution < 1.29 is 18.7 Å². The van der Waals surface area contributed by atoms with Gasteiger partial charge >= 0.3 is 12.0 Å². The van der Waals surface area contributed by atoms with E-state index in [1.54, 1.807) is 23.3 Å². The minimum Gasteiger partial charge on any atom is -0.461 e. The molecule has 0 saturated heterocycles. The molecule has 0 saturated carbocycles. The summed E-state index contributed by atoms with van der Waals surface area (Å²) >= 11 is 1.28. The van der Waals surface area contributed by atoms with E-state index in [1.165, 1.54) is 29.5 Å². The molecule has 0 radical (unpaired) electrons. The van der Waals surface area contributed by atoms with E-state index in [-0.39, 0.29) is 30.9 Å². The predicted octanol–water partition coefficient (Wildman–Crippen LogP) is 3.90. The smallest absolute Gasteiger partial charge is 0.357 e. The monoisotopic (exact) mass is 365 g/mol. The number of anilines is 1. The molecule has 134 valence electrons. The van der Waals surface area contributed by atoms with Crippen molar-refractivity contribution in [2.45, 2.75) is 33.4 Å². The van der Waals surface area contributed by atoms with E-state index in [2.05, 4.69) is 10.3 Å². The average molecular weight is 365 g/mol. The van der Waals surface area contributed by atoms with Gasteiger partial charge in [-0.05, 0) is 39.0 Å². The van der Waals surface area contributed by atoms with Crippen molar-refractivity contribution in [1.29, 1.82) is 0 Å². The lowest BCUT2D eigenvalue weighted by molar-refractivity contribution is 0.0520. The molecule has 6 nitrogen and oxygen atoms in total. The van der Waals surface area contributed by atoms with E-state index in [0.717, 1.165) is 0 Å². The van der Waals surface area contributed by atoms with Crippen LogP contribution in [-0.4, -0.2) is 34.5 Å². The summed E-state index contributed by atoms with van der Waals surface area (Å²) in [5.74, 6) is -0.904. The van der Waals surface area contributed by atoms with Crippen molar-refractivity contribution >= 4 is 29.0 Å². The molecule has 1 N–H and O–H groups in total. The second-order valence-electron chi connectivity index (χ2n) is 5.51. The first kappa shape index (κ1) is 18.9. The van der Waals surface area contributed by atoms with E-state index in [1.807, 2.05) is 13.8 Å². The van der Waals surface area contributed by atoms with Gasteiger partial charge in [-0.2, -0.15) is 0 Å². The van der Waals surface area contributed by atoms with Gasteiger partial charge in [0.05, 0.1) is 13.2 Å². The Morgan fingerprint density at radius 1 is 1.40 bits per heavy atom. The average Bonchev–Trinajstić information content (AvgIpc) is 3.01. The first-order chi connectivity index (χ1) is 11.9. The molecule has 2 rings (SSSR count). The molecular formula is C17H20FN3O3S. The number of carbonyl (C=O) groups excluding carboxylic acids is 2. The Balaban J connectivity index is 2.07. The van der Waals surface area contributed by atoms with Crippen molar-refractivity contribution in [2.24, 2.45) is 0 Å². The van der Waals surface area contributed by atoms with E-state index in [4.69, 9.17) is 4.74 Å². The fourth-order valence-corrected chi connectivity index (χ4v) is 2.84. The third-order valence-corrected chi connectivity index (χ3v) is 4.14. The van der Waals surface area contributed by atoms with Gasteiger partial charge in [0.15, 0.2) is 5.69 Å². The summed E-state index contributed by atoms with van der Waals surface area (Å²) < 4.78 is 18.2. The number of hydrogen-bond acceptors (Lipinski definition) is 5. The Morgan fingerprint density at radius 2 is 2.16 bits per heavy atom. The lowest BCUT2D eigenvalue weighted by Crippen LogP contribution is -2.39. The Hall–Kier alpha value is -2.48. The number of hydrogen-bond donors (Lipinski definition) is 1. The summed E-state index contributed by atoms with van der Waals surface area (Å²) in [5.41, 5.74) is 0.609. The van der Waals surface area contributed by atoms with Crippen molar-refractivity contribution in [3.8, 4) is 0 Å². The number of benzene rings is 1. The van der Waals surface area contributed by atoms with Crippen LogP contribution >= 0.6 is 11.3 Å². The highest BCUT2D eigenvalue weighted by Crippen LogP contribution is 2.17. The number of ether oxygens (including phenoxy) is 1. The lowest BCUT2D eigenvalue weighted by atomic mass is 10.3. The van der Waals surface area contributed by atoms with E-state index < -0.39 is 11.8 Å². The molecule has 0 aliphatic carbocycles. The van der Waals surface area contributed by atoms with Crippen LogP contribution in [0.25, 0.3) is 0 Å². The topological polar surface area (TPSA) is 71.5 Å². The van der Waals surface area contributed by atoms with Gasteiger partial charge in [0.25, 0.3) is 0 Å². The third-order valence-electron chi connectivity index (χ3n) is 3.30. The highest BCUT2D eigenvalue weighted by molar-refractivity contribution is 7.09. The van der Waals surface area contributed by atoms with Crippen LogP contribution in [0.2, 0.25) is 0 Å². The van der Waals surface area contributed by atoms with Crippen molar-refractivity contribution in [3.63, 3.8) is 0 Å². The molecule has 0 spiro atoms. The van der Waals surface area contributed by atoms with E-state index in [0.29, 0.717) is 10.7 Å². The van der Waals surface area contributed by atoms with Crippen LogP contribution in [0.3, 0.4) is 0 Å². The van der Waals surface area contributed by atoms with E-state index in [9.17, 15) is 14.0 Å². The molecule has 1 heterocycles. The van der Waals surface area contributed by atoms with Crippen LogP contribution in [0.5, 0.6) is 0 Å². The number of amides is 2. The van der Waals surface area contributed by atoms with Crippen LogP contribution < -0.4 is 5.32 Å². The maximum absolute atomic E-state index is 13.2. The van der Waals surface area contributed by atoms with Crippen LogP contribution in [0.4, 0.5) is 14.9 Å². The zero-order chi connectivity index (χ0) is 18.4. The van der Waals surface area contributed by atoms with Gasteiger partial charge < -0.3 is 15.0 Å². The minimum atomic E-state index is -0.481. The molecule has 0 fully saturated rings. The standard InChI is InChI=1S/C17H20FN3O3S/c1-4-24-16(22)14-10-25-15(20-14)9-21(11(2)3)17(23)19-13-7-5-6-12(18)8-13/h5-8,10-11H,4,9H2,1-3H3,(H,19,23). The molecule has 1 aromatic heterocycles. The van der Waals surface area contributed by atoms with Gasteiger partial charge in [-0.1, -0.05) is 6.07 Å². The van der Waals surface area contributed by atoms with Crippen LogP contribution in [-0.2, 0) is 11.3 Å². The molecule has 0 bridgehead atoms. The zero-order valence-electron chi connectivity index (χ0n) is 14.3. The van der Waals surface area contributed by atoms with Gasteiger partial charge in [0.2, 0.25) is 0 Å². The zero-order valence-corrected chi connectivity index (χ0v) is 15.1. The highest BCUT2D eigenvalue weighted by Gasteiger charge is 2.20.